The van der Waals surface area contributed by atoms with Gasteiger partial charge in [0.1, 0.15) is 0 Å². The summed E-state index contributed by atoms with van der Waals surface area (Å²) >= 11 is 0. The monoisotopic (exact) mass is 219 g/mol. The molecular weight excluding hydrogens is 202 g/mol. The summed E-state index contributed by atoms with van der Waals surface area (Å²) in [6.07, 6.45) is 1.98. The van der Waals surface area contributed by atoms with Gasteiger partial charge in [-0.2, -0.15) is 0 Å². The molecule has 1 fully saturated rings. The van der Waals surface area contributed by atoms with E-state index in [-0.39, 0.29) is 11.6 Å². The van der Waals surface area contributed by atoms with E-state index < -0.39 is 0 Å². The molecule has 0 spiro atoms. The second-order valence-electron chi connectivity index (χ2n) is 4.28. The second kappa shape index (κ2) is 4.53. The van der Waals surface area contributed by atoms with Crippen LogP contribution in [0.2, 0.25) is 0 Å². The first-order valence-corrected chi connectivity index (χ1v) is 5.54. The number of carbonyl (C=O) groups excluding carboxylic acids is 1. The van der Waals surface area contributed by atoms with E-state index in [2.05, 4.69) is 10.6 Å². The quantitative estimate of drug-likeness (QED) is 0.706. The Labute approximate surface area is 95.2 Å². The molecule has 0 saturated heterocycles. The van der Waals surface area contributed by atoms with E-state index in [4.69, 9.17) is 5.73 Å². The summed E-state index contributed by atoms with van der Waals surface area (Å²) in [5.74, 6) is 0. The van der Waals surface area contributed by atoms with Crippen LogP contribution in [0.15, 0.2) is 30.3 Å². The molecule has 4 N–H and O–H groups in total. The Kier molecular flexibility index (Phi) is 3.10. The Morgan fingerprint density at radius 1 is 1.31 bits per heavy atom. The van der Waals surface area contributed by atoms with Crippen molar-refractivity contribution in [3.8, 4) is 0 Å². The van der Waals surface area contributed by atoms with Crippen molar-refractivity contribution < 1.29 is 4.79 Å². The standard InChI is InChI=1S/C12H17N3O/c13-9-12(6-7-12)15-11(16)14-8-10-4-2-1-3-5-10/h1-5H,6-9,13H2,(H2,14,15,16). The van der Waals surface area contributed by atoms with Crippen molar-refractivity contribution in [2.45, 2.75) is 24.9 Å². The van der Waals surface area contributed by atoms with E-state index in [9.17, 15) is 4.79 Å². The van der Waals surface area contributed by atoms with E-state index in [1.54, 1.807) is 0 Å². The highest BCUT2D eigenvalue weighted by Crippen LogP contribution is 2.33. The Morgan fingerprint density at radius 2 is 2.00 bits per heavy atom. The van der Waals surface area contributed by atoms with Gasteiger partial charge in [-0.15, -0.1) is 0 Å². The van der Waals surface area contributed by atoms with Gasteiger partial charge in [-0.1, -0.05) is 30.3 Å². The van der Waals surface area contributed by atoms with E-state index in [1.807, 2.05) is 30.3 Å². The summed E-state index contributed by atoms with van der Waals surface area (Å²) in [6.45, 7) is 1.07. The molecule has 0 radical (unpaired) electrons. The maximum atomic E-state index is 11.6. The van der Waals surface area contributed by atoms with Crippen LogP contribution < -0.4 is 16.4 Å². The fourth-order valence-electron chi connectivity index (χ4n) is 1.59. The van der Waals surface area contributed by atoms with Gasteiger partial charge >= 0.3 is 6.03 Å². The molecule has 4 heteroatoms. The third kappa shape index (κ3) is 2.73. The van der Waals surface area contributed by atoms with Crippen molar-refractivity contribution in [1.29, 1.82) is 0 Å². The lowest BCUT2D eigenvalue weighted by atomic mass is 10.2. The Bertz CT molecular complexity index is 360. The SMILES string of the molecule is NCC1(NC(=O)NCc2ccccc2)CC1. The number of urea groups is 1. The highest BCUT2D eigenvalue weighted by molar-refractivity contribution is 5.75. The van der Waals surface area contributed by atoms with Crippen LogP contribution in [0.5, 0.6) is 0 Å². The average molecular weight is 219 g/mol. The molecule has 2 amide bonds. The number of carbonyl (C=O) groups is 1. The van der Waals surface area contributed by atoms with Crippen molar-refractivity contribution in [3.63, 3.8) is 0 Å². The van der Waals surface area contributed by atoms with E-state index in [0.29, 0.717) is 13.1 Å². The largest absolute Gasteiger partial charge is 0.334 e. The van der Waals surface area contributed by atoms with Gasteiger partial charge in [0.15, 0.2) is 0 Å². The lowest BCUT2D eigenvalue weighted by Crippen LogP contribution is -2.47. The van der Waals surface area contributed by atoms with Crippen LogP contribution in [0.4, 0.5) is 4.79 Å². The maximum Gasteiger partial charge on any atom is 0.315 e. The number of nitrogens with one attached hydrogen (secondary N) is 2. The van der Waals surface area contributed by atoms with Crippen LogP contribution in [0.3, 0.4) is 0 Å². The summed E-state index contributed by atoms with van der Waals surface area (Å²) < 4.78 is 0. The lowest BCUT2D eigenvalue weighted by molar-refractivity contribution is 0.235. The summed E-state index contributed by atoms with van der Waals surface area (Å²) in [5.41, 5.74) is 6.55. The highest BCUT2D eigenvalue weighted by atomic mass is 16.2. The number of hydrogen-bond acceptors (Lipinski definition) is 2. The molecule has 86 valence electrons. The fourth-order valence-corrected chi connectivity index (χ4v) is 1.59. The van der Waals surface area contributed by atoms with E-state index in [0.717, 1.165) is 18.4 Å². The van der Waals surface area contributed by atoms with Crippen LogP contribution in [0.25, 0.3) is 0 Å². The molecule has 0 bridgehead atoms. The summed E-state index contributed by atoms with van der Waals surface area (Å²) in [6, 6.07) is 9.70. The molecule has 1 aliphatic carbocycles. The van der Waals surface area contributed by atoms with Gasteiger partial charge in [0.2, 0.25) is 0 Å². The zero-order valence-corrected chi connectivity index (χ0v) is 9.20. The topological polar surface area (TPSA) is 67.1 Å². The first-order valence-electron chi connectivity index (χ1n) is 5.54. The molecule has 0 heterocycles. The molecule has 4 nitrogen and oxygen atoms in total. The van der Waals surface area contributed by atoms with Gasteiger partial charge in [0, 0.05) is 13.1 Å². The number of rotatable bonds is 4. The molecule has 16 heavy (non-hydrogen) atoms. The van der Waals surface area contributed by atoms with Gasteiger partial charge in [-0.05, 0) is 18.4 Å². The van der Waals surface area contributed by atoms with Crippen LogP contribution in [0, 0.1) is 0 Å². The van der Waals surface area contributed by atoms with Gasteiger partial charge < -0.3 is 16.4 Å². The molecule has 0 aromatic heterocycles. The van der Waals surface area contributed by atoms with Gasteiger partial charge in [-0.25, -0.2) is 4.79 Å². The molecule has 0 unspecified atom stereocenters. The third-order valence-electron chi connectivity index (χ3n) is 2.92. The van der Waals surface area contributed by atoms with Gasteiger partial charge in [0.05, 0.1) is 5.54 Å². The number of hydrogen-bond donors (Lipinski definition) is 3. The van der Waals surface area contributed by atoms with Crippen molar-refractivity contribution in [3.05, 3.63) is 35.9 Å². The Morgan fingerprint density at radius 3 is 2.56 bits per heavy atom. The van der Waals surface area contributed by atoms with E-state index in [1.165, 1.54) is 0 Å². The lowest BCUT2D eigenvalue weighted by Gasteiger charge is -2.15. The third-order valence-corrected chi connectivity index (χ3v) is 2.92. The predicted octanol–water partition coefficient (Wildman–Crippen LogP) is 0.977. The van der Waals surface area contributed by atoms with Crippen LogP contribution in [-0.2, 0) is 6.54 Å². The van der Waals surface area contributed by atoms with Gasteiger partial charge in [-0.3, -0.25) is 0 Å². The molecule has 0 aliphatic heterocycles. The number of benzene rings is 1. The molecular formula is C12H17N3O. The number of nitrogens with two attached hydrogens (primary N) is 1. The molecule has 1 aromatic rings. The minimum atomic E-state index is -0.133. The zero-order valence-electron chi connectivity index (χ0n) is 9.20. The van der Waals surface area contributed by atoms with Crippen LogP contribution in [-0.4, -0.2) is 18.1 Å². The van der Waals surface area contributed by atoms with Crippen molar-refractivity contribution in [2.24, 2.45) is 5.73 Å². The van der Waals surface area contributed by atoms with E-state index >= 15 is 0 Å². The molecule has 0 atom stereocenters. The van der Waals surface area contributed by atoms with Crippen molar-refractivity contribution in [1.82, 2.24) is 10.6 Å². The predicted molar refractivity (Wildman–Crippen MR) is 62.8 cm³/mol. The highest BCUT2D eigenvalue weighted by Gasteiger charge is 2.42. The minimum Gasteiger partial charge on any atom is -0.334 e. The maximum absolute atomic E-state index is 11.6. The first-order chi connectivity index (χ1) is 7.74. The first kappa shape index (κ1) is 11.0. The molecule has 1 saturated carbocycles. The number of amides is 2. The van der Waals surface area contributed by atoms with Crippen molar-refractivity contribution in [2.75, 3.05) is 6.54 Å². The molecule has 2 rings (SSSR count). The molecule has 1 aliphatic rings. The summed E-state index contributed by atoms with van der Waals surface area (Å²) in [4.78, 5) is 11.6. The fraction of sp³-hybridized carbons (Fsp3) is 0.417. The van der Waals surface area contributed by atoms with Crippen molar-refractivity contribution >= 4 is 6.03 Å². The summed E-state index contributed by atoms with van der Waals surface area (Å²) in [7, 11) is 0. The second-order valence-corrected chi connectivity index (χ2v) is 4.28. The Hall–Kier alpha value is -1.55. The van der Waals surface area contributed by atoms with Gasteiger partial charge in [0.25, 0.3) is 0 Å². The van der Waals surface area contributed by atoms with Crippen LogP contribution in [0.1, 0.15) is 18.4 Å². The smallest absolute Gasteiger partial charge is 0.315 e. The minimum absolute atomic E-state index is 0.124. The summed E-state index contributed by atoms with van der Waals surface area (Å²) in [5, 5.41) is 5.74. The zero-order chi connectivity index (χ0) is 11.4. The Balaban J connectivity index is 1.76. The normalized spacial score (nSPS) is 16.6. The van der Waals surface area contributed by atoms with Crippen LogP contribution >= 0.6 is 0 Å². The average Bonchev–Trinajstić information content (AvgIpc) is 3.08. The molecule has 1 aromatic carbocycles.